The number of pyridine rings is 1. The molecule has 1 amide bonds. The van der Waals surface area contributed by atoms with E-state index in [1.54, 1.807) is 35.6 Å². The summed E-state index contributed by atoms with van der Waals surface area (Å²) in [6, 6.07) is 3.28. The summed E-state index contributed by atoms with van der Waals surface area (Å²) in [6.45, 7) is 7.20. The van der Waals surface area contributed by atoms with Crippen molar-refractivity contribution in [2.45, 2.75) is 26.3 Å². The molecule has 4 rings (SSSR count). The van der Waals surface area contributed by atoms with E-state index in [-0.39, 0.29) is 11.8 Å². The lowest BCUT2D eigenvalue weighted by molar-refractivity contribution is 0.107. The molecule has 1 aliphatic heterocycles. The Morgan fingerprint density at radius 1 is 1.19 bits per heavy atom. The van der Waals surface area contributed by atoms with Gasteiger partial charge in [-0.25, -0.2) is 14.3 Å². The minimum Gasteiger partial charge on any atom is -0.493 e. The van der Waals surface area contributed by atoms with Crippen molar-refractivity contribution in [3.63, 3.8) is 0 Å². The number of rotatable bonds is 5. The van der Waals surface area contributed by atoms with Crippen molar-refractivity contribution in [3.8, 4) is 17.4 Å². The molecule has 0 unspecified atom stereocenters. The van der Waals surface area contributed by atoms with E-state index in [1.807, 2.05) is 13.8 Å². The van der Waals surface area contributed by atoms with E-state index in [0.29, 0.717) is 41.7 Å². The zero-order valence-electron chi connectivity index (χ0n) is 17.9. The van der Waals surface area contributed by atoms with Gasteiger partial charge in [0.1, 0.15) is 5.82 Å². The molecule has 168 valence electrons. The predicted octanol–water partition coefficient (Wildman–Crippen LogP) is 2.87. The van der Waals surface area contributed by atoms with E-state index in [2.05, 4.69) is 24.8 Å². The van der Waals surface area contributed by atoms with Crippen LogP contribution in [0.5, 0.6) is 11.6 Å². The summed E-state index contributed by atoms with van der Waals surface area (Å²) in [7, 11) is 0. The Kier molecular flexibility index (Phi) is 6.47. The number of piperazine rings is 1. The van der Waals surface area contributed by atoms with Crippen molar-refractivity contribution in [1.29, 1.82) is 0 Å². The Labute approximate surface area is 190 Å². The molecule has 4 heterocycles. The van der Waals surface area contributed by atoms with Crippen LogP contribution < -0.4 is 4.74 Å². The zero-order chi connectivity index (χ0) is 22.7. The summed E-state index contributed by atoms with van der Waals surface area (Å²) in [5.74, 6) is 0.875. The monoisotopic (exact) mass is 455 g/mol. The smallest absolute Gasteiger partial charge is 0.415 e. The van der Waals surface area contributed by atoms with Gasteiger partial charge >= 0.3 is 6.09 Å². The average Bonchev–Trinajstić information content (AvgIpc) is 3.10. The summed E-state index contributed by atoms with van der Waals surface area (Å²) in [5, 5.41) is 10.5. The molecular formula is C21H25N7O3S. The van der Waals surface area contributed by atoms with Crippen LogP contribution in [0.25, 0.3) is 5.82 Å². The number of carbonyl (C=O) groups is 1. The standard InChI is InChI=1S/C21H25N7O3S/c1-14(2)18-19(29)28(20(32)25-18)17-4-3-16(12-24-17)31-21(30)27-9-7-26(8-10-27)13-15-11-22-5-6-23-15/h3-6,11-12,14,29H,7-10,13H2,1-2H3,(H,25,32). The lowest BCUT2D eigenvalue weighted by Gasteiger charge is -2.33. The van der Waals surface area contributed by atoms with Crippen LogP contribution in [0.2, 0.25) is 0 Å². The SMILES string of the molecule is CC(C)c1[nH]c(=S)n(-c2ccc(OC(=O)N3CCN(Cc4cnccn4)CC3)cn2)c1O. The van der Waals surface area contributed by atoms with Gasteiger partial charge in [-0.1, -0.05) is 13.8 Å². The van der Waals surface area contributed by atoms with Gasteiger partial charge in [0.05, 0.1) is 17.6 Å². The molecule has 2 N–H and O–H groups in total. The van der Waals surface area contributed by atoms with Gasteiger partial charge in [-0.3, -0.25) is 14.9 Å². The van der Waals surface area contributed by atoms with Crippen LogP contribution >= 0.6 is 12.2 Å². The fourth-order valence-corrected chi connectivity index (χ4v) is 3.81. The molecule has 0 bridgehead atoms. The van der Waals surface area contributed by atoms with Crippen LogP contribution in [0.15, 0.2) is 36.9 Å². The molecule has 1 fully saturated rings. The van der Waals surface area contributed by atoms with E-state index < -0.39 is 6.09 Å². The lowest BCUT2D eigenvalue weighted by atomic mass is 10.1. The third-order valence-electron chi connectivity index (χ3n) is 5.26. The topological polar surface area (TPSA) is 112 Å². The molecular weight excluding hydrogens is 430 g/mol. The first-order valence-corrected chi connectivity index (χ1v) is 10.8. The normalized spacial score (nSPS) is 14.7. The Hall–Kier alpha value is -3.31. The molecule has 0 radical (unpaired) electrons. The maximum atomic E-state index is 12.5. The number of aromatic hydroxyl groups is 1. The summed E-state index contributed by atoms with van der Waals surface area (Å²) < 4.78 is 7.28. The molecule has 1 aliphatic rings. The number of imidazole rings is 1. The van der Waals surface area contributed by atoms with Crippen molar-refractivity contribution in [2.24, 2.45) is 0 Å². The molecule has 3 aromatic rings. The molecule has 32 heavy (non-hydrogen) atoms. The molecule has 0 spiro atoms. The van der Waals surface area contributed by atoms with Crippen molar-refractivity contribution in [2.75, 3.05) is 26.2 Å². The number of nitrogens with one attached hydrogen (secondary N) is 1. The minimum absolute atomic E-state index is 0.0293. The molecule has 0 aliphatic carbocycles. The first-order chi connectivity index (χ1) is 15.4. The summed E-state index contributed by atoms with van der Waals surface area (Å²) in [5.41, 5.74) is 1.55. The highest BCUT2D eigenvalue weighted by atomic mass is 32.1. The third-order valence-corrected chi connectivity index (χ3v) is 5.55. The van der Waals surface area contributed by atoms with E-state index in [0.717, 1.165) is 18.8 Å². The molecule has 11 heteroatoms. The van der Waals surface area contributed by atoms with Crippen LogP contribution in [0.4, 0.5) is 4.79 Å². The van der Waals surface area contributed by atoms with Gasteiger partial charge < -0.3 is 19.7 Å². The van der Waals surface area contributed by atoms with Crippen molar-refractivity contribution in [3.05, 3.63) is 53.1 Å². The van der Waals surface area contributed by atoms with Gasteiger partial charge in [0.25, 0.3) is 0 Å². The molecule has 0 saturated carbocycles. The van der Waals surface area contributed by atoms with Crippen molar-refractivity contribution >= 4 is 18.3 Å². The van der Waals surface area contributed by atoms with Crippen LogP contribution in [0.1, 0.15) is 31.2 Å². The van der Waals surface area contributed by atoms with Crippen LogP contribution in [0, 0.1) is 4.77 Å². The summed E-state index contributed by atoms with van der Waals surface area (Å²) >= 11 is 5.30. The van der Waals surface area contributed by atoms with Gasteiger partial charge in [-0.15, -0.1) is 0 Å². The summed E-state index contributed by atoms with van der Waals surface area (Å²) in [6.07, 6.45) is 6.11. The number of aromatic amines is 1. The Morgan fingerprint density at radius 2 is 1.97 bits per heavy atom. The highest BCUT2D eigenvalue weighted by Crippen LogP contribution is 2.27. The number of H-pyrrole nitrogens is 1. The third kappa shape index (κ3) is 4.78. The highest BCUT2D eigenvalue weighted by Gasteiger charge is 2.23. The number of aromatic nitrogens is 5. The van der Waals surface area contributed by atoms with Crippen molar-refractivity contribution in [1.82, 2.24) is 34.3 Å². The fourth-order valence-electron chi connectivity index (χ4n) is 3.52. The quantitative estimate of drug-likeness (QED) is 0.565. The Bertz CT molecular complexity index is 1120. The number of amides is 1. The van der Waals surface area contributed by atoms with E-state index in [9.17, 15) is 9.90 Å². The zero-order valence-corrected chi connectivity index (χ0v) is 18.7. The van der Waals surface area contributed by atoms with Crippen LogP contribution in [-0.4, -0.2) is 71.7 Å². The number of hydrogen-bond acceptors (Lipinski definition) is 8. The van der Waals surface area contributed by atoms with Gasteiger partial charge in [0, 0.05) is 51.3 Å². The van der Waals surface area contributed by atoms with Gasteiger partial charge in [-0.2, -0.15) is 0 Å². The molecule has 0 aromatic carbocycles. The maximum absolute atomic E-state index is 12.5. The van der Waals surface area contributed by atoms with Gasteiger partial charge in [0.15, 0.2) is 10.5 Å². The Morgan fingerprint density at radius 3 is 2.56 bits per heavy atom. The minimum atomic E-state index is -0.415. The maximum Gasteiger partial charge on any atom is 0.415 e. The molecule has 10 nitrogen and oxygen atoms in total. The van der Waals surface area contributed by atoms with E-state index in [1.165, 1.54) is 10.8 Å². The highest BCUT2D eigenvalue weighted by molar-refractivity contribution is 7.71. The van der Waals surface area contributed by atoms with Gasteiger partial charge in [0.2, 0.25) is 5.88 Å². The number of ether oxygens (including phenoxy) is 1. The van der Waals surface area contributed by atoms with Crippen molar-refractivity contribution < 1.29 is 14.6 Å². The Balaban J connectivity index is 1.34. The number of carbonyl (C=O) groups excluding carboxylic acids is 1. The fraction of sp³-hybridized carbons (Fsp3) is 0.381. The first kappa shape index (κ1) is 21.9. The van der Waals surface area contributed by atoms with E-state index in [4.69, 9.17) is 17.0 Å². The largest absolute Gasteiger partial charge is 0.493 e. The number of hydrogen-bond donors (Lipinski definition) is 2. The molecule has 0 atom stereocenters. The molecule has 1 saturated heterocycles. The lowest BCUT2D eigenvalue weighted by Crippen LogP contribution is -2.49. The second-order valence-electron chi connectivity index (χ2n) is 7.84. The first-order valence-electron chi connectivity index (χ1n) is 10.4. The number of nitrogens with zero attached hydrogens (tertiary/aromatic N) is 6. The second-order valence-corrected chi connectivity index (χ2v) is 8.22. The van der Waals surface area contributed by atoms with Gasteiger partial charge in [-0.05, 0) is 30.3 Å². The van der Waals surface area contributed by atoms with Crippen LogP contribution in [-0.2, 0) is 6.54 Å². The predicted molar refractivity (Wildman–Crippen MR) is 119 cm³/mol. The summed E-state index contributed by atoms with van der Waals surface area (Å²) in [4.78, 5) is 32.1. The van der Waals surface area contributed by atoms with E-state index >= 15 is 0 Å². The van der Waals surface area contributed by atoms with Crippen LogP contribution in [0.3, 0.4) is 0 Å². The second kappa shape index (κ2) is 9.45. The molecule has 3 aromatic heterocycles. The average molecular weight is 456 g/mol.